The Hall–Kier alpha value is -2.22. The van der Waals surface area contributed by atoms with Crippen molar-refractivity contribution >= 4 is 23.4 Å². The van der Waals surface area contributed by atoms with Gasteiger partial charge in [-0.3, -0.25) is 9.69 Å². The number of carbonyl (C=O) groups excluding carboxylic acids is 1. The molecule has 35 heavy (non-hydrogen) atoms. The molecule has 0 bridgehead atoms. The first kappa shape index (κ1) is 25.9. The number of rotatable bonds is 11. The molecule has 2 aromatic carbocycles. The molecular weight excluding hydrogens is 460 g/mol. The SMILES string of the molecule is COc1ccc(OCCCN(CCO)CC2CCCCC2)c(C2Sc3ccccc3N2C(C)=O)c1. The Bertz CT molecular complexity index is 979. The van der Waals surface area contributed by atoms with E-state index < -0.39 is 0 Å². The van der Waals surface area contributed by atoms with Crippen LogP contribution in [-0.2, 0) is 4.79 Å². The third-order valence-corrected chi connectivity index (χ3v) is 8.24. The van der Waals surface area contributed by atoms with Crippen molar-refractivity contribution in [3.63, 3.8) is 0 Å². The molecule has 2 aromatic rings. The zero-order chi connectivity index (χ0) is 24.6. The van der Waals surface area contributed by atoms with E-state index in [-0.39, 0.29) is 17.9 Å². The van der Waals surface area contributed by atoms with Crippen LogP contribution in [0, 0.1) is 5.92 Å². The van der Waals surface area contributed by atoms with Crippen LogP contribution < -0.4 is 14.4 Å². The summed E-state index contributed by atoms with van der Waals surface area (Å²) in [5.41, 5.74) is 1.88. The molecule has 1 N–H and O–H groups in total. The van der Waals surface area contributed by atoms with E-state index in [0.29, 0.717) is 6.61 Å². The molecule has 7 heteroatoms. The van der Waals surface area contributed by atoms with Crippen LogP contribution in [0.1, 0.15) is 56.4 Å². The molecule has 0 saturated heterocycles. The molecule has 1 saturated carbocycles. The molecule has 1 unspecified atom stereocenters. The average Bonchev–Trinajstić information content (AvgIpc) is 3.27. The summed E-state index contributed by atoms with van der Waals surface area (Å²) in [6.07, 6.45) is 7.53. The minimum atomic E-state index is -0.202. The zero-order valence-electron chi connectivity index (χ0n) is 20.9. The summed E-state index contributed by atoms with van der Waals surface area (Å²) < 4.78 is 11.8. The third-order valence-electron chi connectivity index (χ3n) is 6.95. The number of aliphatic hydroxyl groups is 1. The lowest BCUT2D eigenvalue weighted by Gasteiger charge is -2.29. The van der Waals surface area contributed by atoms with Gasteiger partial charge in [-0.25, -0.2) is 0 Å². The molecule has 0 radical (unpaired) electrons. The van der Waals surface area contributed by atoms with Gasteiger partial charge in [0, 0.05) is 37.0 Å². The van der Waals surface area contributed by atoms with Crippen LogP contribution in [0.15, 0.2) is 47.4 Å². The Labute approximate surface area is 213 Å². The van der Waals surface area contributed by atoms with Gasteiger partial charge in [-0.1, -0.05) is 43.2 Å². The summed E-state index contributed by atoms with van der Waals surface area (Å²) in [5, 5.41) is 9.33. The van der Waals surface area contributed by atoms with Crippen LogP contribution >= 0.6 is 11.8 Å². The molecular formula is C28H38N2O4S. The van der Waals surface area contributed by atoms with E-state index in [2.05, 4.69) is 11.0 Å². The number of carbonyl (C=O) groups is 1. The maximum Gasteiger partial charge on any atom is 0.225 e. The second-order valence-corrected chi connectivity index (χ2v) is 10.6. The first-order chi connectivity index (χ1) is 17.1. The lowest BCUT2D eigenvalue weighted by atomic mass is 9.89. The number of thioether (sulfide) groups is 1. The second-order valence-electron chi connectivity index (χ2n) is 9.46. The van der Waals surface area contributed by atoms with Gasteiger partial charge in [0.05, 0.1) is 26.0 Å². The van der Waals surface area contributed by atoms with Gasteiger partial charge in [0.25, 0.3) is 0 Å². The maximum absolute atomic E-state index is 12.6. The summed E-state index contributed by atoms with van der Waals surface area (Å²) in [7, 11) is 1.65. The van der Waals surface area contributed by atoms with E-state index in [1.165, 1.54) is 32.1 Å². The van der Waals surface area contributed by atoms with E-state index in [9.17, 15) is 9.90 Å². The van der Waals surface area contributed by atoms with Crippen molar-refractivity contribution in [1.29, 1.82) is 0 Å². The minimum absolute atomic E-state index is 0.00331. The van der Waals surface area contributed by atoms with Gasteiger partial charge >= 0.3 is 0 Å². The van der Waals surface area contributed by atoms with Crippen molar-refractivity contribution in [1.82, 2.24) is 4.90 Å². The van der Waals surface area contributed by atoms with Gasteiger partial charge in [0.1, 0.15) is 16.9 Å². The number of anilines is 1. The highest BCUT2D eigenvalue weighted by Gasteiger charge is 2.35. The normalized spacial score (nSPS) is 18.1. The Morgan fingerprint density at radius 1 is 1.14 bits per heavy atom. The van der Waals surface area contributed by atoms with Gasteiger partial charge in [-0.05, 0) is 55.5 Å². The molecule has 2 aliphatic rings. The fraction of sp³-hybridized carbons (Fsp3) is 0.536. The van der Waals surface area contributed by atoms with Crippen LogP contribution in [0.4, 0.5) is 5.69 Å². The number of aliphatic hydroxyl groups excluding tert-OH is 1. The highest BCUT2D eigenvalue weighted by atomic mass is 32.2. The summed E-state index contributed by atoms with van der Waals surface area (Å²) in [6, 6.07) is 13.8. The number of hydrogen-bond donors (Lipinski definition) is 1. The van der Waals surface area contributed by atoms with Crippen molar-refractivity contribution < 1.29 is 19.4 Å². The fourth-order valence-electron chi connectivity index (χ4n) is 5.21. The van der Waals surface area contributed by atoms with Crippen molar-refractivity contribution in [2.45, 2.75) is 55.7 Å². The van der Waals surface area contributed by atoms with Crippen LogP contribution in [-0.4, -0.2) is 55.9 Å². The van der Waals surface area contributed by atoms with E-state index in [1.807, 2.05) is 41.3 Å². The van der Waals surface area contributed by atoms with Crippen LogP contribution in [0.25, 0.3) is 0 Å². The lowest BCUT2D eigenvalue weighted by Crippen LogP contribution is -2.34. The third kappa shape index (κ3) is 6.51. The predicted molar refractivity (Wildman–Crippen MR) is 141 cm³/mol. The summed E-state index contributed by atoms with van der Waals surface area (Å²) in [6.45, 7) is 5.07. The standard InChI is InChI=1S/C28H38N2O4S/c1-21(32)30-25-11-6-7-12-27(25)35-28(30)24-19-23(33-2)13-14-26(24)34-18-8-15-29(16-17-31)20-22-9-4-3-5-10-22/h6-7,11-14,19,22,28,31H,3-5,8-10,15-18,20H2,1-2H3. The number of fused-ring (bicyclic) bond motifs is 1. The van der Waals surface area contributed by atoms with Crippen LogP contribution in [0.3, 0.4) is 0 Å². The van der Waals surface area contributed by atoms with Crippen molar-refractivity contribution in [3.05, 3.63) is 48.0 Å². The highest BCUT2D eigenvalue weighted by molar-refractivity contribution is 8.00. The number of methoxy groups -OCH3 is 1. The lowest BCUT2D eigenvalue weighted by molar-refractivity contribution is -0.116. The number of ether oxygens (including phenoxy) is 2. The Kier molecular flexibility index (Phi) is 9.35. The van der Waals surface area contributed by atoms with Gasteiger partial charge in [0.2, 0.25) is 5.91 Å². The van der Waals surface area contributed by atoms with Crippen molar-refractivity contribution in [2.75, 3.05) is 44.9 Å². The number of amides is 1. The van der Waals surface area contributed by atoms with Crippen LogP contribution in [0.5, 0.6) is 11.5 Å². The number of benzene rings is 2. The molecule has 190 valence electrons. The molecule has 1 fully saturated rings. The monoisotopic (exact) mass is 498 g/mol. The molecule has 1 aliphatic carbocycles. The van der Waals surface area contributed by atoms with Crippen molar-refractivity contribution in [3.8, 4) is 11.5 Å². The molecule has 4 rings (SSSR count). The Morgan fingerprint density at radius 2 is 1.94 bits per heavy atom. The Balaban J connectivity index is 1.42. The number of hydrogen-bond acceptors (Lipinski definition) is 6. The number of para-hydroxylation sites is 1. The molecule has 1 atom stereocenters. The van der Waals surface area contributed by atoms with E-state index in [4.69, 9.17) is 9.47 Å². The molecule has 6 nitrogen and oxygen atoms in total. The maximum atomic E-state index is 12.6. The second kappa shape index (κ2) is 12.7. The molecule has 0 aromatic heterocycles. The van der Waals surface area contributed by atoms with Gasteiger partial charge in [-0.2, -0.15) is 0 Å². The molecule has 0 spiro atoms. The van der Waals surface area contributed by atoms with E-state index in [1.54, 1.807) is 25.8 Å². The van der Waals surface area contributed by atoms with Gasteiger partial charge in [-0.15, -0.1) is 0 Å². The van der Waals surface area contributed by atoms with E-state index in [0.717, 1.165) is 59.6 Å². The largest absolute Gasteiger partial charge is 0.497 e. The van der Waals surface area contributed by atoms with Gasteiger partial charge < -0.3 is 19.5 Å². The van der Waals surface area contributed by atoms with Gasteiger partial charge in [0.15, 0.2) is 0 Å². The van der Waals surface area contributed by atoms with E-state index >= 15 is 0 Å². The summed E-state index contributed by atoms with van der Waals surface area (Å²) in [5.74, 6) is 2.28. The predicted octanol–water partition coefficient (Wildman–Crippen LogP) is 5.50. The quantitative estimate of drug-likeness (QED) is 0.413. The first-order valence-corrected chi connectivity index (χ1v) is 13.7. The molecule has 1 aliphatic heterocycles. The topological polar surface area (TPSA) is 62.2 Å². The molecule has 1 heterocycles. The fourth-order valence-corrected chi connectivity index (χ4v) is 6.57. The highest BCUT2D eigenvalue weighted by Crippen LogP contribution is 2.53. The average molecular weight is 499 g/mol. The molecule has 1 amide bonds. The summed E-state index contributed by atoms with van der Waals surface area (Å²) in [4.78, 5) is 17.9. The summed E-state index contributed by atoms with van der Waals surface area (Å²) >= 11 is 1.66. The smallest absolute Gasteiger partial charge is 0.225 e. The zero-order valence-corrected chi connectivity index (χ0v) is 21.8. The Morgan fingerprint density at radius 3 is 2.69 bits per heavy atom. The minimum Gasteiger partial charge on any atom is -0.497 e. The number of nitrogens with zero attached hydrogens (tertiary/aromatic N) is 2. The van der Waals surface area contributed by atoms with Crippen LogP contribution in [0.2, 0.25) is 0 Å². The van der Waals surface area contributed by atoms with Crippen molar-refractivity contribution in [2.24, 2.45) is 5.92 Å². The first-order valence-electron chi connectivity index (χ1n) is 12.8.